The van der Waals surface area contributed by atoms with E-state index >= 15 is 0 Å². The van der Waals surface area contributed by atoms with Crippen molar-refractivity contribution in [2.45, 2.75) is 24.5 Å². The lowest BCUT2D eigenvalue weighted by Gasteiger charge is -2.19. The summed E-state index contributed by atoms with van der Waals surface area (Å²) in [7, 11) is -16.8. The van der Waals surface area contributed by atoms with Gasteiger partial charge in [0.1, 0.15) is 24.0 Å². The minimum absolute atomic E-state index is 0.177. The van der Waals surface area contributed by atoms with Gasteiger partial charge in [0, 0.05) is 0 Å². The van der Waals surface area contributed by atoms with E-state index in [1.165, 1.54) is 0 Å². The van der Waals surface area contributed by atoms with Crippen molar-refractivity contribution in [2.24, 2.45) is 0 Å². The standard InChI is InChI=1S/C10H15N4O15P3/c15-5-3(1-26-31(22,23)29-32(24,25)28-30(19,20)21)27-9(6(5)16)14-2-11-4-7(14)12-10(18)13-8(4)17/h2-3,5-6,9,15-16H,1H2,(H,22,23)(H,24,25)(H2,19,20,21)(H2,12,13,17,18)/t3-,5-,6-,9-/m0/s1. The molecule has 3 heterocycles. The number of imidazole rings is 1. The number of nitrogens with zero attached hydrogens (tertiary/aromatic N) is 2. The minimum atomic E-state index is -5.75. The summed E-state index contributed by atoms with van der Waals surface area (Å²) in [5, 5.41) is 20.3. The van der Waals surface area contributed by atoms with E-state index in [9.17, 15) is 38.4 Å². The van der Waals surface area contributed by atoms with Gasteiger partial charge in [-0.25, -0.2) is 23.5 Å². The molecule has 0 radical (unpaired) electrons. The zero-order valence-corrected chi connectivity index (χ0v) is 17.9. The highest BCUT2D eigenvalue weighted by molar-refractivity contribution is 7.66. The fourth-order valence-electron chi connectivity index (χ4n) is 2.71. The van der Waals surface area contributed by atoms with Crippen LogP contribution in [0, 0.1) is 0 Å². The summed E-state index contributed by atoms with van der Waals surface area (Å²) < 4.78 is 51.4. The summed E-state index contributed by atoms with van der Waals surface area (Å²) in [4.78, 5) is 66.7. The van der Waals surface area contributed by atoms with Crippen molar-refractivity contribution in [3.63, 3.8) is 0 Å². The van der Waals surface area contributed by atoms with Gasteiger partial charge in [0.25, 0.3) is 5.56 Å². The van der Waals surface area contributed by atoms with Crippen LogP contribution in [-0.2, 0) is 31.6 Å². The Morgan fingerprint density at radius 2 is 1.69 bits per heavy atom. The summed E-state index contributed by atoms with van der Waals surface area (Å²) in [6, 6.07) is 0. The van der Waals surface area contributed by atoms with Crippen molar-refractivity contribution in [1.82, 2.24) is 19.5 Å². The Morgan fingerprint density at radius 1 is 1.03 bits per heavy atom. The summed E-state index contributed by atoms with van der Waals surface area (Å²) in [5.74, 6) is 0. The maximum atomic E-state index is 11.8. The molecule has 0 bridgehead atoms. The largest absolute Gasteiger partial charge is 0.490 e. The Bertz CT molecular complexity index is 1260. The number of hydrogen-bond acceptors (Lipinski definition) is 12. The number of ether oxygens (including phenoxy) is 1. The summed E-state index contributed by atoms with van der Waals surface area (Å²) in [5.41, 5.74) is -2.16. The lowest BCUT2D eigenvalue weighted by atomic mass is 10.1. The zero-order chi connectivity index (χ0) is 24.1. The van der Waals surface area contributed by atoms with E-state index in [0.717, 1.165) is 10.9 Å². The van der Waals surface area contributed by atoms with Crippen LogP contribution >= 0.6 is 23.5 Å². The molecule has 0 spiro atoms. The van der Waals surface area contributed by atoms with Crippen molar-refractivity contribution in [3.05, 3.63) is 27.2 Å². The molecule has 32 heavy (non-hydrogen) atoms. The van der Waals surface area contributed by atoms with Gasteiger partial charge in [-0.1, -0.05) is 0 Å². The van der Waals surface area contributed by atoms with E-state index in [4.69, 9.17) is 19.4 Å². The van der Waals surface area contributed by atoms with Crippen molar-refractivity contribution in [1.29, 1.82) is 0 Å². The van der Waals surface area contributed by atoms with Crippen LogP contribution in [0.3, 0.4) is 0 Å². The number of aromatic nitrogens is 4. The van der Waals surface area contributed by atoms with E-state index in [0.29, 0.717) is 0 Å². The molecule has 22 heteroatoms. The third-order valence-corrected chi connectivity index (χ3v) is 7.70. The minimum Gasteiger partial charge on any atom is -0.387 e. The second-order valence-electron chi connectivity index (χ2n) is 6.19. The number of fused-ring (bicyclic) bond motifs is 1. The first-order chi connectivity index (χ1) is 14.6. The van der Waals surface area contributed by atoms with Gasteiger partial charge in [-0.05, 0) is 0 Å². The van der Waals surface area contributed by atoms with E-state index in [2.05, 4.69) is 23.1 Å². The highest BCUT2D eigenvalue weighted by atomic mass is 31.3. The van der Waals surface area contributed by atoms with Crippen LogP contribution in [0.1, 0.15) is 6.23 Å². The lowest BCUT2D eigenvalue weighted by molar-refractivity contribution is -0.0503. The van der Waals surface area contributed by atoms with Crippen LogP contribution in [0.25, 0.3) is 11.2 Å². The molecular weight excluding hydrogens is 509 g/mol. The van der Waals surface area contributed by atoms with Crippen LogP contribution < -0.4 is 11.2 Å². The first kappa shape index (κ1) is 25.1. The van der Waals surface area contributed by atoms with Crippen LogP contribution in [0.2, 0.25) is 0 Å². The molecule has 6 atom stereocenters. The average molecular weight is 524 g/mol. The molecule has 0 aromatic carbocycles. The molecule has 2 aromatic heterocycles. The third kappa shape index (κ3) is 5.67. The molecule has 2 unspecified atom stereocenters. The molecule has 3 rings (SSSR count). The Kier molecular flexibility index (Phi) is 6.78. The highest BCUT2D eigenvalue weighted by Gasteiger charge is 2.46. The van der Waals surface area contributed by atoms with Gasteiger partial charge in [-0.2, -0.15) is 8.62 Å². The molecule has 1 aliphatic heterocycles. The molecule has 19 nitrogen and oxygen atoms in total. The average Bonchev–Trinajstić information content (AvgIpc) is 3.12. The fraction of sp³-hybridized carbons (Fsp3) is 0.500. The summed E-state index contributed by atoms with van der Waals surface area (Å²) in [6.07, 6.45) is -5.54. The molecular formula is C10H15N4O15P3. The predicted molar refractivity (Wildman–Crippen MR) is 96.7 cm³/mol. The molecule has 0 aliphatic carbocycles. The quantitative estimate of drug-likeness (QED) is 0.164. The van der Waals surface area contributed by atoms with E-state index in [1.807, 2.05) is 4.98 Å². The summed E-state index contributed by atoms with van der Waals surface area (Å²) in [6.45, 7) is -1.04. The van der Waals surface area contributed by atoms with Crippen molar-refractivity contribution < 1.29 is 61.4 Å². The lowest BCUT2D eigenvalue weighted by Crippen LogP contribution is -2.33. The van der Waals surface area contributed by atoms with Crippen LogP contribution in [0.15, 0.2) is 15.9 Å². The first-order valence-electron chi connectivity index (χ1n) is 8.08. The summed E-state index contributed by atoms with van der Waals surface area (Å²) >= 11 is 0. The number of nitrogens with one attached hydrogen (secondary N) is 2. The zero-order valence-electron chi connectivity index (χ0n) is 15.2. The predicted octanol–water partition coefficient (Wildman–Crippen LogP) is -2.62. The van der Waals surface area contributed by atoms with Gasteiger partial charge in [0.2, 0.25) is 0 Å². The second kappa shape index (κ2) is 8.66. The normalized spacial score (nSPS) is 27.9. The van der Waals surface area contributed by atoms with Crippen LogP contribution in [0.5, 0.6) is 0 Å². The number of rotatable bonds is 8. The molecule has 0 saturated carbocycles. The SMILES string of the molecule is O=c1[nH]c(=O)c2ncn([C@H]3O[C@@H](COP(=O)(O)OP(=O)(O)OP(=O)(O)O)[C@H](O)[C@@H]3O)c2[nH]1. The molecule has 8 N–H and O–H groups in total. The van der Waals surface area contributed by atoms with E-state index < -0.39 is 65.9 Å². The van der Waals surface area contributed by atoms with Gasteiger partial charge in [-0.15, -0.1) is 0 Å². The van der Waals surface area contributed by atoms with Crippen LogP contribution in [-0.4, -0.2) is 74.2 Å². The molecule has 180 valence electrons. The maximum Gasteiger partial charge on any atom is 0.490 e. The molecule has 2 aromatic rings. The van der Waals surface area contributed by atoms with Gasteiger partial charge >= 0.3 is 29.2 Å². The number of phosphoric acid groups is 3. The Balaban J connectivity index is 1.73. The van der Waals surface area contributed by atoms with Gasteiger partial charge in [-0.3, -0.25) is 23.9 Å². The first-order valence-corrected chi connectivity index (χ1v) is 12.6. The maximum absolute atomic E-state index is 11.8. The number of aromatic amines is 2. The fourth-order valence-corrected chi connectivity index (χ4v) is 5.74. The van der Waals surface area contributed by atoms with Crippen molar-refractivity contribution >= 4 is 34.6 Å². The Morgan fingerprint density at radius 3 is 2.31 bits per heavy atom. The smallest absolute Gasteiger partial charge is 0.387 e. The third-order valence-electron chi connectivity index (χ3n) is 3.90. The number of phosphoric ester groups is 1. The Hall–Kier alpha value is -1.56. The van der Waals surface area contributed by atoms with Crippen molar-refractivity contribution in [2.75, 3.05) is 6.61 Å². The Labute approximate surface area is 174 Å². The molecule has 1 fully saturated rings. The van der Waals surface area contributed by atoms with Gasteiger partial charge in [0.15, 0.2) is 11.7 Å². The highest BCUT2D eigenvalue weighted by Crippen LogP contribution is 2.66. The molecule has 0 amide bonds. The van der Waals surface area contributed by atoms with Crippen LogP contribution in [0.4, 0.5) is 0 Å². The number of H-pyrrole nitrogens is 2. The monoisotopic (exact) mass is 524 g/mol. The molecule has 1 aliphatic rings. The molecule has 1 saturated heterocycles. The van der Waals surface area contributed by atoms with E-state index in [1.54, 1.807) is 0 Å². The van der Waals surface area contributed by atoms with Crippen molar-refractivity contribution in [3.8, 4) is 0 Å². The van der Waals surface area contributed by atoms with E-state index in [-0.39, 0.29) is 11.2 Å². The topological polar surface area (TPSA) is 293 Å². The number of hydrogen-bond donors (Lipinski definition) is 8. The van der Waals surface area contributed by atoms with Gasteiger partial charge < -0.3 is 34.5 Å². The van der Waals surface area contributed by atoms with Gasteiger partial charge in [0.05, 0.1) is 12.9 Å². The number of aliphatic hydroxyl groups is 2. The number of aliphatic hydroxyl groups excluding tert-OH is 2. The second-order valence-corrected chi connectivity index (χ2v) is 10.6.